The first-order valence-corrected chi connectivity index (χ1v) is 11.4. The number of thioether (sulfide) groups is 1. The van der Waals surface area contributed by atoms with Crippen LogP contribution in [0.2, 0.25) is 0 Å². The molecule has 2 N–H and O–H groups in total. The molecule has 0 saturated heterocycles. The largest absolute Gasteiger partial charge is 0.394 e. The molecule has 160 valence electrons. The summed E-state index contributed by atoms with van der Waals surface area (Å²) >= 11 is 1.80. The lowest BCUT2D eigenvalue weighted by Gasteiger charge is -2.21. The third-order valence-corrected chi connectivity index (χ3v) is 5.82. The molecule has 5 nitrogen and oxygen atoms in total. The van der Waals surface area contributed by atoms with Gasteiger partial charge in [0.1, 0.15) is 5.84 Å². The summed E-state index contributed by atoms with van der Waals surface area (Å²) in [6.07, 6.45) is 6.46. The third kappa shape index (κ3) is 7.63. The summed E-state index contributed by atoms with van der Waals surface area (Å²) in [5.74, 6) is 0.942. The maximum absolute atomic E-state index is 8.85. The summed E-state index contributed by atoms with van der Waals surface area (Å²) in [4.78, 5) is 9.79. The highest BCUT2D eigenvalue weighted by Crippen LogP contribution is 2.36. The van der Waals surface area contributed by atoms with Crippen LogP contribution in [0.3, 0.4) is 0 Å². The summed E-state index contributed by atoms with van der Waals surface area (Å²) < 4.78 is 5.43. The second-order valence-electron chi connectivity index (χ2n) is 6.81. The molecule has 2 rings (SSSR count). The number of benzene rings is 1. The minimum Gasteiger partial charge on any atom is -0.394 e. The molecule has 6 heteroatoms. The van der Waals surface area contributed by atoms with Gasteiger partial charge in [-0.05, 0) is 32.4 Å². The smallest absolute Gasteiger partial charge is 0.133 e. The second-order valence-corrected chi connectivity index (χ2v) is 7.89. The Morgan fingerprint density at radius 1 is 1.17 bits per heavy atom. The van der Waals surface area contributed by atoms with Gasteiger partial charge in [-0.15, -0.1) is 0 Å². The van der Waals surface area contributed by atoms with Crippen molar-refractivity contribution in [3.05, 3.63) is 52.6 Å². The fourth-order valence-corrected chi connectivity index (χ4v) is 4.21. The average molecular weight is 418 g/mol. The van der Waals surface area contributed by atoms with Gasteiger partial charge in [0, 0.05) is 34.2 Å². The molecule has 0 aliphatic carbocycles. The number of aliphatic hydroxyl groups is 1. The Bertz CT molecular complexity index is 716. The minimum absolute atomic E-state index is 0.0757. The van der Waals surface area contributed by atoms with Crippen LogP contribution >= 0.6 is 11.8 Å². The number of ether oxygens (including phenoxy) is 1. The predicted molar refractivity (Wildman–Crippen MR) is 124 cm³/mol. The number of aliphatic imine (C=N–C) groups is 1. The maximum atomic E-state index is 8.85. The van der Waals surface area contributed by atoms with E-state index in [0.717, 1.165) is 56.1 Å². The Morgan fingerprint density at radius 3 is 2.72 bits per heavy atom. The molecule has 0 spiro atoms. The fourth-order valence-electron chi connectivity index (χ4n) is 3.19. The lowest BCUT2D eigenvalue weighted by molar-refractivity contribution is 0.0742. The first kappa shape index (κ1) is 23.7. The van der Waals surface area contributed by atoms with Crippen LogP contribution in [0.4, 0.5) is 0 Å². The molecule has 0 fully saturated rings. The summed E-state index contributed by atoms with van der Waals surface area (Å²) in [5.41, 5.74) is 2.29. The van der Waals surface area contributed by atoms with E-state index in [1.54, 1.807) is 11.8 Å². The highest BCUT2D eigenvalue weighted by atomic mass is 32.2. The zero-order valence-corrected chi connectivity index (χ0v) is 18.8. The summed E-state index contributed by atoms with van der Waals surface area (Å²) in [5, 5.41) is 12.4. The highest BCUT2D eigenvalue weighted by molar-refractivity contribution is 8.03. The zero-order valence-electron chi connectivity index (χ0n) is 18.0. The van der Waals surface area contributed by atoms with Crippen LogP contribution in [-0.4, -0.2) is 61.8 Å². The summed E-state index contributed by atoms with van der Waals surface area (Å²) in [6, 6.07) is 8.46. The second kappa shape index (κ2) is 13.6. The predicted octanol–water partition coefficient (Wildman–Crippen LogP) is 4.05. The van der Waals surface area contributed by atoms with Crippen LogP contribution in [0.5, 0.6) is 0 Å². The number of rotatable bonds is 11. The van der Waals surface area contributed by atoms with Crippen molar-refractivity contribution in [2.75, 3.05) is 46.0 Å². The van der Waals surface area contributed by atoms with E-state index in [9.17, 15) is 0 Å². The number of allylic oxidation sites excluding steroid dienone is 2. The van der Waals surface area contributed by atoms with Gasteiger partial charge in [0.05, 0.1) is 26.4 Å². The summed E-state index contributed by atoms with van der Waals surface area (Å²) in [7, 11) is 0. The van der Waals surface area contributed by atoms with Gasteiger partial charge in [0.15, 0.2) is 0 Å². The topological polar surface area (TPSA) is 57.1 Å². The van der Waals surface area contributed by atoms with Crippen molar-refractivity contribution in [1.82, 2.24) is 10.2 Å². The van der Waals surface area contributed by atoms with Crippen LogP contribution in [0.25, 0.3) is 0 Å². The van der Waals surface area contributed by atoms with Crippen LogP contribution in [0.1, 0.15) is 39.2 Å². The van der Waals surface area contributed by atoms with E-state index in [-0.39, 0.29) is 6.61 Å². The molecule has 1 aromatic carbocycles. The number of nitrogens with one attached hydrogen (secondary N) is 1. The number of aliphatic hydroxyl groups excluding tert-OH is 1. The molecule has 0 amide bonds. The van der Waals surface area contributed by atoms with Crippen LogP contribution < -0.4 is 5.32 Å². The Labute approximate surface area is 179 Å². The van der Waals surface area contributed by atoms with Gasteiger partial charge < -0.3 is 15.2 Å². The fraction of sp³-hybridized carbons (Fsp3) is 0.522. The van der Waals surface area contributed by atoms with Crippen molar-refractivity contribution in [2.45, 2.75) is 38.5 Å². The van der Waals surface area contributed by atoms with Crippen molar-refractivity contribution >= 4 is 17.6 Å². The number of hydrogen-bond acceptors (Lipinski definition) is 5. The molecule has 1 aliphatic heterocycles. The molecule has 29 heavy (non-hydrogen) atoms. The highest BCUT2D eigenvalue weighted by Gasteiger charge is 2.19. The van der Waals surface area contributed by atoms with Gasteiger partial charge in [-0.2, -0.15) is 0 Å². The first-order valence-electron chi connectivity index (χ1n) is 10.6. The zero-order chi connectivity index (χ0) is 20.9. The van der Waals surface area contributed by atoms with Gasteiger partial charge in [-0.1, -0.05) is 56.0 Å². The molecule has 1 aromatic rings. The van der Waals surface area contributed by atoms with E-state index in [1.807, 2.05) is 0 Å². The molecular weight excluding hydrogens is 382 g/mol. The molecule has 0 unspecified atom stereocenters. The summed E-state index contributed by atoms with van der Waals surface area (Å²) in [6.45, 7) is 11.1. The normalized spacial score (nSPS) is 18.3. The Hall–Kier alpha value is -1.60. The van der Waals surface area contributed by atoms with Crippen LogP contribution in [-0.2, 0) is 4.74 Å². The van der Waals surface area contributed by atoms with E-state index >= 15 is 0 Å². The Kier molecular flexibility index (Phi) is 11.1. The molecular formula is C23H35N3O2S. The minimum atomic E-state index is 0.0757. The van der Waals surface area contributed by atoms with E-state index in [2.05, 4.69) is 67.4 Å². The molecule has 0 aromatic heterocycles. The number of amidine groups is 1. The van der Waals surface area contributed by atoms with E-state index < -0.39 is 0 Å². The van der Waals surface area contributed by atoms with Gasteiger partial charge in [-0.25, -0.2) is 0 Å². The van der Waals surface area contributed by atoms with Gasteiger partial charge in [-0.3, -0.25) is 9.89 Å². The molecule has 1 heterocycles. The average Bonchev–Trinajstić information content (AvgIpc) is 2.88. The standard InChI is InChI=1S/C23H35N3O2S/c1-4-9-20-21(6-3)29-22-11-8-7-10-19(22)23(25-20)24-12-14-26(13-5-2)15-17-28-18-16-27/h6-11,27H,4-5,12-18H2,1-3H3,(H,24,25)/b20-9+,21-6+. The SMILES string of the molecule is C/C=C1/Sc2ccccc2C(=NCCN(CCC)CCOCCO)N/C1=C/CC. The van der Waals surface area contributed by atoms with E-state index in [0.29, 0.717) is 13.2 Å². The monoisotopic (exact) mass is 417 g/mol. The molecule has 0 atom stereocenters. The quantitative estimate of drug-likeness (QED) is 0.532. The van der Waals surface area contributed by atoms with E-state index in [4.69, 9.17) is 14.8 Å². The lowest BCUT2D eigenvalue weighted by Crippen LogP contribution is -2.32. The van der Waals surface area contributed by atoms with Gasteiger partial charge in [0.2, 0.25) is 0 Å². The number of nitrogens with zero attached hydrogens (tertiary/aromatic N) is 2. The van der Waals surface area contributed by atoms with Crippen molar-refractivity contribution in [2.24, 2.45) is 4.99 Å². The molecule has 0 bridgehead atoms. The van der Waals surface area contributed by atoms with Crippen molar-refractivity contribution in [1.29, 1.82) is 0 Å². The Balaban J connectivity index is 2.13. The number of fused-ring (bicyclic) bond motifs is 1. The first-order chi connectivity index (χ1) is 14.2. The molecule has 0 radical (unpaired) electrons. The van der Waals surface area contributed by atoms with E-state index in [1.165, 1.54) is 9.80 Å². The van der Waals surface area contributed by atoms with Crippen molar-refractivity contribution < 1.29 is 9.84 Å². The maximum Gasteiger partial charge on any atom is 0.133 e. The van der Waals surface area contributed by atoms with Crippen LogP contribution in [0.15, 0.2) is 56.9 Å². The van der Waals surface area contributed by atoms with Gasteiger partial charge in [0.25, 0.3) is 0 Å². The van der Waals surface area contributed by atoms with Gasteiger partial charge >= 0.3 is 0 Å². The number of hydrogen-bond donors (Lipinski definition) is 2. The molecule has 0 saturated carbocycles. The van der Waals surface area contributed by atoms with Crippen molar-refractivity contribution in [3.63, 3.8) is 0 Å². The van der Waals surface area contributed by atoms with Crippen LogP contribution in [0, 0.1) is 0 Å². The molecule has 1 aliphatic rings. The van der Waals surface area contributed by atoms with Crippen molar-refractivity contribution in [3.8, 4) is 0 Å². The lowest BCUT2D eigenvalue weighted by atomic mass is 10.2. The Morgan fingerprint density at radius 2 is 2.00 bits per heavy atom. The third-order valence-electron chi connectivity index (χ3n) is 4.56.